The number of rotatable bonds is 4. The highest BCUT2D eigenvalue weighted by Gasteiger charge is 2.19. The van der Waals surface area contributed by atoms with Gasteiger partial charge < -0.3 is 14.6 Å². The number of ether oxygens (including phenoxy) is 1. The van der Waals surface area contributed by atoms with Crippen molar-refractivity contribution in [1.29, 1.82) is 0 Å². The van der Waals surface area contributed by atoms with Gasteiger partial charge in [-0.3, -0.25) is 0 Å². The summed E-state index contributed by atoms with van der Waals surface area (Å²) in [6, 6.07) is 1.76. The molecular weight excluding hydrogens is 272 g/mol. The Bertz CT molecular complexity index is 402. The first kappa shape index (κ1) is 13.0. The van der Waals surface area contributed by atoms with Crippen molar-refractivity contribution in [3.05, 3.63) is 21.7 Å². The monoisotopic (exact) mass is 286 g/mol. The summed E-state index contributed by atoms with van der Waals surface area (Å²) < 4.78 is 5.92. The van der Waals surface area contributed by atoms with E-state index in [9.17, 15) is 9.90 Å². The molecule has 0 radical (unpaired) electrons. The average Bonchev–Trinajstić information content (AvgIpc) is 2.24. The first-order valence-corrected chi connectivity index (χ1v) is 5.81. The molecule has 0 aliphatic rings. The predicted octanol–water partition coefficient (Wildman–Crippen LogP) is 3.16. The zero-order chi connectivity index (χ0) is 12.3. The Morgan fingerprint density at radius 2 is 2.25 bits per heavy atom. The summed E-state index contributed by atoms with van der Waals surface area (Å²) >= 11 is 3.43. The number of halogens is 1. The van der Waals surface area contributed by atoms with Gasteiger partial charge in [-0.05, 0) is 24.5 Å². The van der Waals surface area contributed by atoms with Gasteiger partial charge in [0.25, 0.3) is 0 Å². The molecule has 0 aliphatic heterocycles. The van der Waals surface area contributed by atoms with E-state index in [1.807, 2.05) is 13.8 Å². The molecule has 1 N–H and O–H groups in total. The van der Waals surface area contributed by atoms with Gasteiger partial charge in [-0.15, -0.1) is 0 Å². The number of aryl methyl sites for hydroxylation is 1. The van der Waals surface area contributed by atoms with Crippen LogP contribution in [0.3, 0.4) is 0 Å². The molecule has 4 heteroatoms. The highest BCUT2D eigenvalue weighted by atomic mass is 79.9. The van der Waals surface area contributed by atoms with E-state index in [-0.39, 0.29) is 11.7 Å². The van der Waals surface area contributed by atoms with Crippen LogP contribution in [0.1, 0.15) is 30.4 Å². The zero-order valence-corrected chi connectivity index (χ0v) is 11.2. The van der Waals surface area contributed by atoms with Crippen molar-refractivity contribution >= 4 is 22.2 Å². The number of benzene rings is 1. The van der Waals surface area contributed by atoms with Gasteiger partial charge in [0, 0.05) is 16.5 Å². The fraction of sp³-hybridized carbons (Fsp3) is 0.417. The molecule has 16 heavy (non-hydrogen) atoms. The third kappa shape index (κ3) is 2.38. The highest BCUT2D eigenvalue weighted by Crippen LogP contribution is 2.42. The van der Waals surface area contributed by atoms with Crippen LogP contribution in [0.2, 0.25) is 0 Å². The topological polar surface area (TPSA) is 46.5 Å². The Morgan fingerprint density at radius 1 is 1.62 bits per heavy atom. The largest absolute Gasteiger partial charge is 0.504 e. The molecule has 1 aromatic rings. The summed E-state index contributed by atoms with van der Waals surface area (Å²) in [5.41, 5.74) is 1.70. The molecule has 3 nitrogen and oxygen atoms in total. The number of hydrogen-bond acceptors (Lipinski definition) is 3. The fourth-order valence-electron chi connectivity index (χ4n) is 1.64. The van der Waals surface area contributed by atoms with Crippen LogP contribution in [-0.2, 0) is 4.79 Å². The first-order valence-electron chi connectivity index (χ1n) is 5.02. The van der Waals surface area contributed by atoms with Gasteiger partial charge in [0.1, 0.15) is 6.29 Å². The number of carbonyl (C=O) groups is 1. The van der Waals surface area contributed by atoms with Crippen molar-refractivity contribution in [2.45, 2.75) is 26.2 Å². The molecule has 0 fully saturated rings. The minimum absolute atomic E-state index is 0.0410. The maximum absolute atomic E-state index is 10.5. The summed E-state index contributed by atoms with van der Waals surface area (Å²) in [6.07, 6.45) is 1.23. The third-order valence-corrected chi connectivity index (χ3v) is 3.63. The SMILES string of the molecule is COc1cc(C)c(Br)c(C(C)CC=O)c1O. The van der Waals surface area contributed by atoms with Crippen molar-refractivity contribution in [1.82, 2.24) is 0 Å². The lowest BCUT2D eigenvalue weighted by Gasteiger charge is -2.17. The van der Waals surface area contributed by atoms with Gasteiger partial charge in [-0.2, -0.15) is 0 Å². The van der Waals surface area contributed by atoms with Crippen LogP contribution in [-0.4, -0.2) is 18.5 Å². The molecule has 0 aliphatic carbocycles. The van der Waals surface area contributed by atoms with Crippen molar-refractivity contribution in [3.8, 4) is 11.5 Å². The molecular formula is C12H15BrO3. The lowest BCUT2D eigenvalue weighted by Crippen LogP contribution is -2.00. The van der Waals surface area contributed by atoms with E-state index in [0.717, 1.165) is 21.9 Å². The maximum atomic E-state index is 10.5. The van der Waals surface area contributed by atoms with Gasteiger partial charge in [0.15, 0.2) is 11.5 Å². The predicted molar refractivity (Wildman–Crippen MR) is 66.2 cm³/mol. The number of aromatic hydroxyl groups is 1. The van der Waals surface area contributed by atoms with Crippen molar-refractivity contribution in [2.24, 2.45) is 0 Å². The summed E-state index contributed by atoms with van der Waals surface area (Å²) in [5, 5.41) is 10.0. The minimum atomic E-state index is -0.0410. The molecule has 0 aromatic heterocycles. The Balaban J connectivity index is 3.34. The van der Waals surface area contributed by atoms with E-state index in [0.29, 0.717) is 12.2 Å². The normalized spacial score (nSPS) is 12.2. The van der Waals surface area contributed by atoms with Gasteiger partial charge in [-0.1, -0.05) is 22.9 Å². The van der Waals surface area contributed by atoms with Crippen LogP contribution >= 0.6 is 15.9 Å². The summed E-state index contributed by atoms with van der Waals surface area (Å²) in [4.78, 5) is 10.5. The van der Waals surface area contributed by atoms with E-state index in [1.54, 1.807) is 6.07 Å². The molecule has 1 atom stereocenters. The van der Waals surface area contributed by atoms with Gasteiger partial charge >= 0.3 is 0 Å². The van der Waals surface area contributed by atoms with Crippen LogP contribution in [0, 0.1) is 6.92 Å². The number of aldehydes is 1. The summed E-state index contributed by atoms with van der Waals surface area (Å²) in [7, 11) is 1.51. The van der Waals surface area contributed by atoms with E-state index in [4.69, 9.17) is 4.74 Å². The summed E-state index contributed by atoms with van der Waals surface area (Å²) in [5.74, 6) is 0.503. The van der Waals surface area contributed by atoms with E-state index in [2.05, 4.69) is 15.9 Å². The van der Waals surface area contributed by atoms with Crippen LogP contribution in [0.4, 0.5) is 0 Å². The van der Waals surface area contributed by atoms with Crippen LogP contribution in [0.15, 0.2) is 10.5 Å². The summed E-state index contributed by atoms with van der Waals surface area (Å²) in [6.45, 7) is 3.82. The second-order valence-corrected chi connectivity index (χ2v) is 4.57. The van der Waals surface area contributed by atoms with Crippen LogP contribution in [0.5, 0.6) is 11.5 Å². The van der Waals surface area contributed by atoms with Crippen molar-refractivity contribution < 1.29 is 14.6 Å². The second-order valence-electron chi connectivity index (χ2n) is 3.78. The van der Waals surface area contributed by atoms with Crippen LogP contribution < -0.4 is 4.74 Å². The number of carbonyl (C=O) groups excluding carboxylic acids is 1. The smallest absolute Gasteiger partial charge is 0.162 e. The van der Waals surface area contributed by atoms with Gasteiger partial charge in [0.2, 0.25) is 0 Å². The second kappa shape index (κ2) is 5.34. The van der Waals surface area contributed by atoms with Gasteiger partial charge in [0.05, 0.1) is 7.11 Å². The Hall–Kier alpha value is -1.03. The molecule has 0 spiro atoms. The quantitative estimate of drug-likeness (QED) is 0.865. The number of phenols is 1. The first-order chi connectivity index (χ1) is 7.52. The fourth-order valence-corrected chi connectivity index (χ4v) is 2.34. The number of phenolic OH excluding ortho intramolecular Hbond substituents is 1. The third-order valence-electron chi connectivity index (χ3n) is 2.58. The standard InChI is InChI=1S/C12H15BrO3/c1-7(4-5-14)10-11(13)8(2)6-9(16-3)12(10)15/h5-7,15H,4H2,1-3H3. The van der Waals surface area contributed by atoms with E-state index < -0.39 is 0 Å². The molecule has 88 valence electrons. The molecule has 0 amide bonds. The highest BCUT2D eigenvalue weighted by molar-refractivity contribution is 9.10. The molecule has 0 bridgehead atoms. The lowest BCUT2D eigenvalue weighted by atomic mass is 9.95. The maximum Gasteiger partial charge on any atom is 0.162 e. The molecule has 0 saturated heterocycles. The Kier molecular flexibility index (Phi) is 4.35. The van der Waals surface area contributed by atoms with Crippen molar-refractivity contribution in [2.75, 3.05) is 7.11 Å². The molecule has 1 rings (SSSR count). The van der Waals surface area contributed by atoms with E-state index in [1.165, 1.54) is 7.11 Å². The molecule has 0 saturated carbocycles. The molecule has 1 unspecified atom stereocenters. The minimum Gasteiger partial charge on any atom is -0.504 e. The number of hydrogen-bond donors (Lipinski definition) is 1. The Labute approximate surface area is 104 Å². The molecule has 1 aromatic carbocycles. The average molecular weight is 287 g/mol. The zero-order valence-electron chi connectivity index (χ0n) is 9.58. The Morgan fingerprint density at radius 3 is 2.75 bits per heavy atom. The van der Waals surface area contributed by atoms with Crippen molar-refractivity contribution in [3.63, 3.8) is 0 Å². The lowest BCUT2D eigenvalue weighted by molar-refractivity contribution is -0.108. The molecule has 0 heterocycles. The van der Waals surface area contributed by atoms with Crippen LogP contribution in [0.25, 0.3) is 0 Å². The van der Waals surface area contributed by atoms with E-state index >= 15 is 0 Å². The number of methoxy groups -OCH3 is 1. The van der Waals surface area contributed by atoms with Gasteiger partial charge in [-0.25, -0.2) is 0 Å².